The van der Waals surface area contributed by atoms with E-state index in [2.05, 4.69) is 25.7 Å². The summed E-state index contributed by atoms with van der Waals surface area (Å²) >= 11 is 9.12. The summed E-state index contributed by atoms with van der Waals surface area (Å²) in [6, 6.07) is 5.79. The van der Waals surface area contributed by atoms with Crippen LogP contribution in [0.4, 0.5) is 10.8 Å². The molecule has 0 aliphatic carbocycles. The first-order valence-electron chi connectivity index (χ1n) is 6.85. The SMILES string of the molecule is Cc1noc(C(C)Sc2nnc(Nc3ccc(C)c(Cl)c3)s2)n1. The molecule has 1 aromatic carbocycles. The van der Waals surface area contributed by atoms with Gasteiger partial charge in [-0.1, -0.05) is 45.9 Å². The molecule has 2 heterocycles. The highest BCUT2D eigenvalue weighted by molar-refractivity contribution is 8.01. The molecule has 6 nitrogen and oxygen atoms in total. The Morgan fingerprint density at radius 3 is 2.83 bits per heavy atom. The van der Waals surface area contributed by atoms with E-state index in [4.69, 9.17) is 16.1 Å². The van der Waals surface area contributed by atoms with E-state index in [1.165, 1.54) is 23.1 Å². The average molecular weight is 368 g/mol. The molecule has 9 heteroatoms. The predicted molar refractivity (Wildman–Crippen MR) is 92.7 cm³/mol. The van der Waals surface area contributed by atoms with Crippen molar-refractivity contribution in [3.63, 3.8) is 0 Å². The Bertz CT molecular complexity index is 819. The van der Waals surface area contributed by atoms with Gasteiger partial charge in [0.15, 0.2) is 10.2 Å². The summed E-state index contributed by atoms with van der Waals surface area (Å²) in [5.74, 6) is 1.21. The van der Waals surface area contributed by atoms with Crippen molar-refractivity contribution in [1.82, 2.24) is 20.3 Å². The normalized spacial score (nSPS) is 12.3. The molecular formula is C14H14ClN5OS2. The van der Waals surface area contributed by atoms with E-state index in [1.54, 1.807) is 6.92 Å². The number of hydrogen-bond acceptors (Lipinski definition) is 8. The molecule has 0 saturated heterocycles. The van der Waals surface area contributed by atoms with Crippen LogP contribution in [0.5, 0.6) is 0 Å². The van der Waals surface area contributed by atoms with Gasteiger partial charge < -0.3 is 9.84 Å². The average Bonchev–Trinajstić information content (AvgIpc) is 3.12. The summed E-state index contributed by atoms with van der Waals surface area (Å²) in [6.07, 6.45) is 0. The van der Waals surface area contributed by atoms with Gasteiger partial charge in [-0.3, -0.25) is 0 Å². The number of benzene rings is 1. The standard InChI is InChI=1S/C14H14ClN5OS2/c1-7-4-5-10(6-11(7)15)17-13-18-19-14(23-13)22-8(2)12-16-9(3)20-21-12/h4-6,8H,1-3H3,(H,17,18). The van der Waals surface area contributed by atoms with E-state index in [0.29, 0.717) is 16.8 Å². The summed E-state index contributed by atoms with van der Waals surface area (Å²) in [6.45, 7) is 5.75. The minimum Gasteiger partial charge on any atom is -0.338 e. The second-order valence-electron chi connectivity index (χ2n) is 4.90. The molecule has 0 spiro atoms. The first-order chi connectivity index (χ1) is 11.0. The summed E-state index contributed by atoms with van der Waals surface area (Å²) < 4.78 is 6.00. The highest BCUT2D eigenvalue weighted by atomic mass is 35.5. The van der Waals surface area contributed by atoms with Crippen LogP contribution in [0.25, 0.3) is 0 Å². The molecular weight excluding hydrogens is 354 g/mol. The van der Waals surface area contributed by atoms with E-state index in [-0.39, 0.29) is 5.25 Å². The van der Waals surface area contributed by atoms with E-state index in [1.807, 2.05) is 32.0 Å². The van der Waals surface area contributed by atoms with Crippen molar-refractivity contribution in [2.45, 2.75) is 30.4 Å². The fourth-order valence-electron chi connectivity index (χ4n) is 1.78. The lowest BCUT2D eigenvalue weighted by atomic mass is 10.2. The molecule has 1 atom stereocenters. The van der Waals surface area contributed by atoms with Crippen molar-refractivity contribution in [2.24, 2.45) is 0 Å². The molecule has 2 aromatic heterocycles. The highest BCUT2D eigenvalue weighted by Gasteiger charge is 2.17. The van der Waals surface area contributed by atoms with Gasteiger partial charge in [0.05, 0.1) is 5.25 Å². The Labute approximate surface area is 146 Å². The first-order valence-corrected chi connectivity index (χ1v) is 8.92. The molecule has 0 bridgehead atoms. The number of hydrogen-bond donors (Lipinski definition) is 1. The smallest absolute Gasteiger partial charge is 0.239 e. The summed E-state index contributed by atoms with van der Waals surface area (Å²) in [7, 11) is 0. The molecule has 0 aliphatic heterocycles. The summed E-state index contributed by atoms with van der Waals surface area (Å²) in [4.78, 5) is 4.23. The van der Waals surface area contributed by atoms with E-state index < -0.39 is 0 Å². The van der Waals surface area contributed by atoms with Gasteiger partial charge in [0.1, 0.15) is 0 Å². The van der Waals surface area contributed by atoms with Crippen LogP contribution in [0, 0.1) is 13.8 Å². The second kappa shape index (κ2) is 6.86. The van der Waals surface area contributed by atoms with Crippen LogP contribution in [-0.4, -0.2) is 20.3 Å². The largest absolute Gasteiger partial charge is 0.338 e. The topological polar surface area (TPSA) is 76.7 Å². The zero-order chi connectivity index (χ0) is 16.4. The number of rotatable bonds is 5. The molecule has 0 amide bonds. The minimum atomic E-state index is 0.0193. The van der Waals surface area contributed by atoms with Crippen molar-refractivity contribution < 1.29 is 4.52 Å². The lowest BCUT2D eigenvalue weighted by molar-refractivity contribution is 0.376. The van der Waals surface area contributed by atoms with Gasteiger partial charge in [0, 0.05) is 10.7 Å². The van der Waals surface area contributed by atoms with Crippen LogP contribution in [0.15, 0.2) is 27.1 Å². The predicted octanol–water partition coefficient (Wildman–Crippen LogP) is 4.79. The number of thioether (sulfide) groups is 1. The molecule has 1 unspecified atom stereocenters. The fraction of sp³-hybridized carbons (Fsp3) is 0.286. The summed E-state index contributed by atoms with van der Waals surface area (Å²) in [5, 5.41) is 16.8. The zero-order valence-electron chi connectivity index (χ0n) is 12.7. The van der Waals surface area contributed by atoms with Gasteiger partial charge in [-0.2, -0.15) is 4.98 Å². The molecule has 120 valence electrons. The Morgan fingerprint density at radius 1 is 1.30 bits per heavy atom. The van der Waals surface area contributed by atoms with Crippen LogP contribution in [0.3, 0.4) is 0 Å². The molecule has 1 N–H and O–H groups in total. The third kappa shape index (κ3) is 4.01. The van der Waals surface area contributed by atoms with Crippen molar-refractivity contribution >= 4 is 45.5 Å². The van der Waals surface area contributed by atoms with Crippen LogP contribution in [-0.2, 0) is 0 Å². The Kier molecular flexibility index (Phi) is 4.84. The number of nitrogens with zero attached hydrogens (tertiary/aromatic N) is 4. The quantitative estimate of drug-likeness (QED) is 0.649. The Hall–Kier alpha value is -1.64. The van der Waals surface area contributed by atoms with Crippen molar-refractivity contribution in [2.75, 3.05) is 5.32 Å². The van der Waals surface area contributed by atoms with Crippen molar-refractivity contribution in [3.8, 4) is 0 Å². The number of halogens is 1. The van der Waals surface area contributed by atoms with Crippen molar-refractivity contribution in [1.29, 1.82) is 0 Å². The second-order valence-corrected chi connectivity index (χ2v) is 7.87. The third-order valence-corrected chi connectivity index (χ3v) is 5.42. The Balaban J connectivity index is 1.66. The fourth-order valence-corrected chi connectivity index (χ4v) is 3.91. The molecule has 0 aliphatic rings. The molecule has 0 saturated carbocycles. The number of aromatic nitrogens is 4. The minimum absolute atomic E-state index is 0.0193. The lowest BCUT2D eigenvalue weighted by Crippen LogP contribution is -1.89. The van der Waals surface area contributed by atoms with Crippen LogP contribution < -0.4 is 5.32 Å². The van der Waals surface area contributed by atoms with Gasteiger partial charge in [0.25, 0.3) is 0 Å². The lowest BCUT2D eigenvalue weighted by Gasteiger charge is -2.04. The third-order valence-electron chi connectivity index (χ3n) is 3.00. The monoisotopic (exact) mass is 367 g/mol. The number of nitrogens with one attached hydrogen (secondary N) is 1. The number of anilines is 2. The first kappa shape index (κ1) is 16.2. The number of aryl methyl sites for hydroxylation is 2. The maximum Gasteiger partial charge on any atom is 0.239 e. The van der Waals surface area contributed by atoms with Gasteiger partial charge in [-0.15, -0.1) is 10.2 Å². The maximum absolute atomic E-state index is 6.12. The Morgan fingerprint density at radius 2 is 2.13 bits per heavy atom. The molecule has 0 fully saturated rings. The summed E-state index contributed by atoms with van der Waals surface area (Å²) in [5.41, 5.74) is 1.92. The van der Waals surface area contributed by atoms with E-state index in [9.17, 15) is 0 Å². The van der Waals surface area contributed by atoms with Gasteiger partial charge in [-0.05, 0) is 38.5 Å². The molecule has 23 heavy (non-hydrogen) atoms. The van der Waals surface area contributed by atoms with Gasteiger partial charge in [-0.25, -0.2) is 0 Å². The van der Waals surface area contributed by atoms with E-state index in [0.717, 1.165) is 20.6 Å². The molecule has 3 rings (SSSR count). The maximum atomic E-state index is 6.12. The zero-order valence-corrected chi connectivity index (χ0v) is 15.1. The molecule has 0 radical (unpaired) electrons. The van der Waals surface area contributed by atoms with E-state index >= 15 is 0 Å². The van der Waals surface area contributed by atoms with Crippen LogP contribution >= 0.6 is 34.7 Å². The van der Waals surface area contributed by atoms with Crippen LogP contribution in [0.2, 0.25) is 5.02 Å². The van der Waals surface area contributed by atoms with Crippen LogP contribution in [0.1, 0.15) is 29.5 Å². The highest BCUT2D eigenvalue weighted by Crippen LogP contribution is 2.37. The molecule has 3 aromatic rings. The van der Waals surface area contributed by atoms with Crippen molar-refractivity contribution in [3.05, 3.63) is 40.5 Å². The van der Waals surface area contributed by atoms with Gasteiger partial charge >= 0.3 is 0 Å². The van der Waals surface area contributed by atoms with Gasteiger partial charge in [0.2, 0.25) is 11.0 Å².